The van der Waals surface area contributed by atoms with Crippen LogP contribution in [0.25, 0.3) is 11.2 Å². The van der Waals surface area contributed by atoms with Gasteiger partial charge in [0.15, 0.2) is 11.5 Å². The molecule has 24 heavy (non-hydrogen) atoms. The number of nitrogens with one attached hydrogen (secondary N) is 1. The molecule has 1 fully saturated rings. The second-order valence-corrected chi connectivity index (χ2v) is 6.27. The van der Waals surface area contributed by atoms with Gasteiger partial charge in [0.1, 0.15) is 5.52 Å². The predicted molar refractivity (Wildman–Crippen MR) is 96.4 cm³/mol. The van der Waals surface area contributed by atoms with Crippen molar-refractivity contribution in [1.29, 1.82) is 0 Å². The predicted octanol–water partition coefficient (Wildman–Crippen LogP) is 1.88. The first-order chi connectivity index (χ1) is 11.6. The number of benzene rings is 1. The number of aryl methyl sites for hydroxylation is 2. The molecule has 0 bridgehead atoms. The van der Waals surface area contributed by atoms with Crippen molar-refractivity contribution in [2.24, 2.45) is 0 Å². The zero-order valence-electron chi connectivity index (χ0n) is 14.0. The van der Waals surface area contributed by atoms with Gasteiger partial charge in [0, 0.05) is 31.9 Å². The van der Waals surface area contributed by atoms with Gasteiger partial charge >= 0.3 is 0 Å². The van der Waals surface area contributed by atoms with Crippen LogP contribution in [-0.4, -0.2) is 46.1 Å². The fraction of sp³-hybridized carbons (Fsp3) is 0.353. The molecule has 0 saturated carbocycles. The molecule has 2 aromatic heterocycles. The first-order valence-corrected chi connectivity index (χ1v) is 8.15. The van der Waals surface area contributed by atoms with Crippen molar-refractivity contribution in [3.8, 4) is 0 Å². The summed E-state index contributed by atoms with van der Waals surface area (Å²) in [4.78, 5) is 20.6. The summed E-state index contributed by atoms with van der Waals surface area (Å²) in [6.07, 6.45) is 1.63. The Kier molecular flexibility index (Phi) is 3.48. The Morgan fingerprint density at radius 1 is 1.04 bits per heavy atom. The van der Waals surface area contributed by atoms with Crippen molar-refractivity contribution in [2.45, 2.75) is 13.8 Å². The second kappa shape index (κ2) is 5.67. The van der Waals surface area contributed by atoms with E-state index in [-0.39, 0.29) is 5.95 Å². The maximum Gasteiger partial charge on any atom is 0.224 e. The van der Waals surface area contributed by atoms with E-state index in [9.17, 15) is 0 Å². The number of rotatable bonds is 2. The number of H-pyrrole nitrogens is 1. The van der Waals surface area contributed by atoms with Crippen LogP contribution in [0.5, 0.6) is 0 Å². The van der Waals surface area contributed by atoms with E-state index < -0.39 is 0 Å². The number of aromatic amines is 1. The molecule has 7 nitrogen and oxygen atoms in total. The summed E-state index contributed by atoms with van der Waals surface area (Å²) >= 11 is 0. The standard InChI is InChI=1S/C17H21N7/c1-11-3-4-12(2)13(9-11)23-5-7-24(8-6-23)16-14-15(20-10-19-14)21-17(18)22-16/h3-4,9-10H,5-8H2,1-2H3,(H3,18,19,20,21,22). The Bertz CT molecular complexity index is 878. The Morgan fingerprint density at radius 3 is 2.58 bits per heavy atom. The van der Waals surface area contributed by atoms with Crippen LogP contribution in [0.15, 0.2) is 24.5 Å². The van der Waals surface area contributed by atoms with Crippen LogP contribution in [-0.2, 0) is 0 Å². The number of anilines is 3. The van der Waals surface area contributed by atoms with Gasteiger partial charge in [0.05, 0.1) is 6.33 Å². The lowest BCUT2D eigenvalue weighted by molar-refractivity contribution is 0.647. The number of aromatic nitrogens is 4. The third kappa shape index (κ3) is 2.51. The van der Waals surface area contributed by atoms with Crippen LogP contribution in [0.2, 0.25) is 0 Å². The van der Waals surface area contributed by atoms with Crippen LogP contribution >= 0.6 is 0 Å². The normalized spacial score (nSPS) is 15.2. The van der Waals surface area contributed by atoms with Gasteiger partial charge < -0.3 is 20.5 Å². The molecule has 1 aromatic carbocycles. The van der Waals surface area contributed by atoms with Crippen LogP contribution in [0.3, 0.4) is 0 Å². The van der Waals surface area contributed by atoms with E-state index in [0.717, 1.165) is 37.5 Å². The third-order valence-corrected chi connectivity index (χ3v) is 4.57. The minimum absolute atomic E-state index is 0.265. The molecule has 0 spiro atoms. The van der Waals surface area contributed by atoms with E-state index in [1.165, 1.54) is 16.8 Å². The van der Waals surface area contributed by atoms with Crippen molar-refractivity contribution in [3.63, 3.8) is 0 Å². The fourth-order valence-corrected chi connectivity index (χ4v) is 3.28. The van der Waals surface area contributed by atoms with Gasteiger partial charge in [-0.05, 0) is 31.0 Å². The Balaban J connectivity index is 1.57. The molecule has 1 saturated heterocycles. The second-order valence-electron chi connectivity index (χ2n) is 6.27. The molecule has 1 aliphatic rings. The molecular formula is C17H21N7. The highest BCUT2D eigenvalue weighted by molar-refractivity contribution is 5.84. The molecule has 0 radical (unpaired) electrons. The van der Waals surface area contributed by atoms with Crippen molar-refractivity contribution in [3.05, 3.63) is 35.7 Å². The average Bonchev–Trinajstić information content (AvgIpc) is 3.05. The highest BCUT2D eigenvalue weighted by Crippen LogP contribution is 2.26. The maximum absolute atomic E-state index is 5.83. The Morgan fingerprint density at radius 2 is 1.79 bits per heavy atom. The fourth-order valence-electron chi connectivity index (χ4n) is 3.28. The van der Waals surface area contributed by atoms with Gasteiger partial charge in [0.25, 0.3) is 0 Å². The minimum Gasteiger partial charge on any atom is -0.368 e. The van der Waals surface area contributed by atoms with E-state index >= 15 is 0 Å². The molecular weight excluding hydrogens is 302 g/mol. The summed E-state index contributed by atoms with van der Waals surface area (Å²) < 4.78 is 0. The van der Waals surface area contributed by atoms with Gasteiger partial charge in [-0.3, -0.25) is 0 Å². The van der Waals surface area contributed by atoms with Gasteiger partial charge in [-0.15, -0.1) is 0 Å². The third-order valence-electron chi connectivity index (χ3n) is 4.57. The van der Waals surface area contributed by atoms with Crippen LogP contribution in [0.1, 0.15) is 11.1 Å². The summed E-state index contributed by atoms with van der Waals surface area (Å²) in [6.45, 7) is 7.97. The van der Waals surface area contributed by atoms with Gasteiger partial charge in [0.2, 0.25) is 5.95 Å². The van der Waals surface area contributed by atoms with Crippen molar-refractivity contribution in [1.82, 2.24) is 19.9 Å². The van der Waals surface area contributed by atoms with Crippen molar-refractivity contribution in [2.75, 3.05) is 41.7 Å². The number of nitrogen functional groups attached to an aromatic ring is 1. The van der Waals surface area contributed by atoms with E-state index in [0.29, 0.717) is 5.65 Å². The smallest absolute Gasteiger partial charge is 0.224 e. The van der Waals surface area contributed by atoms with Gasteiger partial charge in [-0.1, -0.05) is 12.1 Å². The average molecular weight is 323 g/mol. The molecule has 1 aliphatic heterocycles. The van der Waals surface area contributed by atoms with E-state index in [2.05, 4.69) is 61.8 Å². The summed E-state index contributed by atoms with van der Waals surface area (Å²) in [6, 6.07) is 6.62. The summed E-state index contributed by atoms with van der Waals surface area (Å²) in [5.41, 5.74) is 11.2. The molecule has 0 aliphatic carbocycles. The lowest BCUT2D eigenvalue weighted by Gasteiger charge is -2.37. The van der Waals surface area contributed by atoms with E-state index in [4.69, 9.17) is 5.73 Å². The zero-order valence-corrected chi connectivity index (χ0v) is 14.0. The van der Waals surface area contributed by atoms with Crippen LogP contribution in [0.4, 0.5) is 17.5 Å². The molecule has 4 rings (SSSR count). The molecule has 0 atom stereocenters. The number of hydrogen-bond donors (Lipinski definition) is 2. The molecule has 3 N–H and O–H groups in total. The zero-order chi connectivity index (χ0) is 16.7. The molecule has 0 amide bonds. The van der Waals surface area contributed by atoms with Crippen molar-refractivity contribution < 1.29 is 0 Å². The number of piperazine rings is 1. The number of nitrogens with zero attached hydrogens (tertiary/aromatic N) is 5. The first-order valence-electron chi connectivity index (χ1n) is 8.15. The molecule has 7 heteroatoms. The summed E-state index contributed by atoms with van der Waals surface area (Å²) in [5.74, 6) is 1.11. The number of nitrogens with two attached hydrogens (primary N) is 1. The van der Waals surface area contributed by atoms with E-state index in [1.807, 2.05) is 0 Å². The Hall–Kier alpha value is -2.83. The molecule has 0 unspecified atom stereocenters. The monoisotopic (exact) mass is 323 g/mol. The SMILES string of the molecule is Cc1ccc(C)c(N2CCN(c3nc(N)nc4nc[nH]c34)CC2)c1. The first kappa shape index (κ1) is 14.7. The highest BCUT2D eigenvalue weighted by atomic mass is 15.3. The van der Waals surface area contributed by atoms with Gasteiger partial charge in [-0.2, -0.15) is 9.97 Å². The lowest BCUT2D eigenvalue weighted by Crippen LogP contribution is -2.47. The quantitative estimate of drug-likeness (QED) is 0.749. The van der Waals surface area contributed by atoms with Gasteiger partial charge in [-0.25, -0.2) is 4.98 Å². The summed E-state index contributed by atoms with van der Waals surface area (Å²) in [7, 11) is 0. The number of hydrogen-bond acceptors (Lipinski definition) is 6. The molecule has 124 valence electrons. The summed E-state index contributed by atoms with van der Waals surface area (Å²) in [5, 5.41) is 0. The highest BCUT2D eigenvalue weighted by Gasteiger charge is 2.22. The van der Waals surface area contributed by atoms with Crippen molar-refractivity contribution >= 4 is 28.6 Å². The maximum atomic E-state index is 5.83. The molecule has 3 heterocycles. The topological polar surface area (TPSA) is 87.0 Å². The number of imidazole rings is 1. The molecule has 3 aromatic rings. The largest absolute Gasteiger partial charge is 0.368 e. The lowest BCUT2D eigenvalue weighted by atomic mass is 10.1. The minimum atomic E-state index is 0.265. The van der Waals surface area contributed by atoms with E-state index in [1.54, 1.807) is 6.33 Å². The Labute approximate surface area is 140 Å². The van der Waals surface area contributed by atoms with Crippen LogP contribution in [0, 0.1) is 13.8 Å². The van der Waals surface area contributed by atoms with Crippen LogP contribution < -0.4 is 15.5 Å². The number of fused-ring (bicyclic) bond motifs is 1.